The predicted octanol–water partition coefficient (Wildman–Crippen LogP) is 2.35. The van der Waals surface area contributed by atoms with Crippen molar-refractivity contribution in [2.45, 2.75) is 39.5 Å². The van der Waals surface area contributed by atoms with Crippen molar-refractivity contribution in [2.24, 2.45) is 5.92 Å². The molecule has 0 amide bonds. The van der Waals surface area contributed by atoms with E-state index in [1.54, 1.807) is 0 Å². The van der Waals surface area contributed by atoms with E-state index in [-0.39, 0.29) is 0 Å². The maximum atomic E-state index is 4.04. The second kappa shape index (κ2) is 4.95. The van der Waals surface area contributed by atoms with E-state index >= 15 is 0 Å². The summed E-state index contributed by atoms with van der Waals surface area (Å²) in [5.41, 5.74) is 1.39. The Morgan fingerprint density at radius 1 is 1.33 bits per heavy atom. The first-order chi connectivity index (χ1) is 5.79. The molecule has 0 unspecified atom stereocenters. The average Bonchev–Trinajstić information content (AvgIpc) is 2.49. The van der Waals surface area contributed by atoms with E-state index < -0.39 is 0 Å². The Labute approximate surface area is 74.9 Å². The van der Waals surface area contributed by atoms with Crippen LogP contribution in [0.15, 0.2) is 11.6 Å². The van der Waals surface area contributed by atoms with Crippen LogP contribution in [0, 0.1) is 5.92 Å². The molecule has 0 N–H and O–H groups in total. The lowest BCUT2D eigenvalue weighted by molar-refractivity contribution is 0.539. The standard InChI is InChI=1S/C11H18N/c1-10(2)5-3-4-6-11-7-8-12-9-11/h7-10H,3-6H2,1-2H3/q+1. The van der Waals surface area contributed by atoms with Crippen LogP contribution in [0.4, 0.5) is 0 Å². The fourth-order valence-electron chi connectivity index (χ4n) is 1.35. The second-order valence-corrected chi connectivity index (χ2v) is 3.81. The third-order valence-electron chi connectivity index (χ3n) is 2.11. The van der Waals surface area contributed by atoms with Crippen molar-refractivity contribution in [3.05, 3.63) is 11.6 Å². The van der Waals surface area contributed by atoms with Crippen LogP contribution < -0.4 is 4.67 Å². The second-order valence-electron chi connectivity index (χ2n) is 3.81. The molecule has 0 aromatic heterocycles. The van der Waals surface area contributed by atoms with Gasteiger partial charge in [-0.15, -0.1) is 4.67 Å². The summed E-state index contributed by atoms with van der Waals surface area (Å²) < 4.78 is 4.04. The summed E-state index contributed by atoms with van der Waals surface area (Å²) in [6.07, 6.45) is 11.2. The Kier molecular flexibility index (Phi) is 3.83. The molecule has 1 heterocycles. The lowest BCUT2D eigenvalue weighted by Gasteiger charge is -2.02. The minimum atomic E-state index is 0.850. The van der Waals surface area contributed by atoms with E-state index in [0.717, 1.165) is 5.92 Å². The highest BCUT2D eigenvalue weighted by atomic mass is 14.5. The Balaban J connectivity index is 2.00. The van der Waals surface area contributed by atoms with Crippen LogP contribution >= 0.6 is 0 Å². The van der Waals surface area contributed by atoms with E-state index in [1.807, 2.05) is 12.4 Å². The number of allylic oxidation sites excluding steroid dienone is 2. The van der Waals surface area contributed by atoms with Crippen LogP contribution in [0.2, 0.25) is 0 Å². The number of nitrogens with zero attached hydrogens (tertiary/aromatic N) is 1. The van der Waals surface area contributed by atoms with E-state index in [0.29, 0.717) is 0 Å². The van der Waals surface area contributed by atoms with E-state index in [1.165, 1.54) is 31.3 Å². The third-order valence-corrected chi connectivity index (χ3v) is 2.11. The van der Waals surface area contributed by atoms with Gasteiger partial charge in [0.1, 0.15) is 0 Å². The first-order valence-corrected chi connectivity index (χ1v) is 4.84. The van der Waals surface area contributed by atoms with Crippen molar-refractivity contribution in [1.82, 2.24) is 4.67 Å². The molecule has 0 spiro atoms. The van der Waals surface area contributed by atoms with Gasteiger partial charge in [-0.05, 0) is 18.8 Å². The third kappa shape index (κ3) is 3.54. The van der Waals surface area contributed by atoms with Gasteiger partial charge < -0.3 is 0 Å². The fraction of sp³-hybridized carbons (Fsp3) is 0.636. The SMILES string of the molecule is CC(C)CCCCC1=CC=[N+]=C1. The Bertz CT molecular complexity index is 217. The minimum Gasteiger partial charge on any atom is -0.101 e. The number of hydrogen-bond acceptors (Lipinski definition) is 0. The molecule has 1 aliphatic heterocycles. The lowest BCUT2D eigenvalue weighted by Crippen LogP contribution is -1.89. The van der Waals surface area contributed by atoms with Gasteiger partial charge in [0.25, 0.3) is 12.4 Å². The van der Waals surface area contributed by atoms with Gasteiger partial charge in [-0.3, -0.25) is 0 Å². The molecule has 12 heavy (non-hydrogen) atoms. The predicted molar refractivity (Wildman–Crippen MR) is 55.7 cm³/mol. The summed E-state index contributed by atoms with van der Waals surface area (Å²) in [4.78, 5) is 0. The van der Waals surface area contributed by atoms with Crippen molar-refractivity contribution in [1.29, 1.82) is 0 Å². The molecule has 66 valence electrons. The van der Waals surface area contributed by atoms with Gasteiger partial charge in [-0.1, -0.05) is 26.7 Å². The van der Waals surface area contributed by atoms with E-state index in [9.17, 15) is 0 Å². The van der Waals surface area contributed by atoms with Crippen LogP contribution in [0.3, 0.4) is 0 Å². The lowest BCUT2D eigenvalue weighted by atomic mass is 10.0. The van der Waals surface area contributed by atoms with E-state index in [2.05, 4.69) is 24.6 Å². The summed E-state index contributed by atoms with van der Waals surface area (Å²) in [6, 6.07) is 0. The summed E-state index contributed by atoms with van der Waals surface area (Å²) in [7, 11) is 0. The molecule has 1 heteroatoms. The Morgan fingerprint density at radius 2 is 2.17 bits per heavy atom. The van der Waals surface area contributed by atoms with Gasteiger partial charge in [0, 0.05) is 11.6 Å². The van der Waals surface area contributed by atoms with Crippen molar-refractivity contribution in [3.8, 4) is 0 Å². The van der Waals surface area contributed by atoms with Gasteiger partial charge >= 0.3 is 0 Å². The van der Waals surface area contributed by atoms with Crippen LogP contribution in [0.5, 0.6) is 0 Å². The zero-order valence-electron chi connectivity index (χ0n) is 8.09. The summed E-state index contributed by atoms with van der Waals surface area (Å²) in [5, 5.41) is 0. The monoisotopic (exact) mass is 164 g/mol. The molecular formula is C11H18N+. The normalized spacial score (nSPS) is 14.4. The van der Waals surface area contributed by atoms with Crippen molar-refractivity contribution < 1.29 is 0 Å². The van der Waals surface area contributed by atoms with Crippen molar-refractivity contribution in [3.63, 3.8) is 0 Å². The quantitative estimate of drug-likeness (QED) is 0.437. The molecule has 0 aromatic carbocycles. The Morgan fingerprint density at radius 3 is 2.75 bits per heavy atom. The van der Waals surface area contributed by atoms with Crippen LogP contribution in [0.1, 0.15) is 39.5 Å². The zero-order chi connectivity index (χ0) is 8.81. The summed E-state index contributed by atoms with van der Waals surface area (Å²) in [5.74, 6) is 0.850. The van der Waals surface area contributed by atoms with Gasteiger partial charge in [-0.25, -0.2) is 0 Å². The van der Waals surface area contributed by atoms with Gasteiger partial charge in [0.2, 0.25) is 0 Å². The van der Waals surface area contributed by atoms with Crippen LogP contribution in [0.25, 0.3) is 0 Å². The maximum Gasteiger partial charge on any atom is 0.295 e. The molecule has 0 radical (unpaired) electrons. The van der Waals surface area contributed by atoms with Crippen LogP contribution in [-0.4, -0.2) is 12.4 Å². The molecule has 0 fully saturated rings. The molecule has 0 aliphatic carbocycles. The maximum absolute atomic E-state index is 4.04. The molecule has 1 rings (SSSR count). The van der Waals surface area contributed by atoms with Crippen LogP contribution in [-0.2, 0) is 0 Å². The molecule has 0 aromatic rings. The average molecular weight is 164 g/mol. The molecule has 0 saturated heterocycles. The first-order valence-electron chi connectivity index (χ1n) is 4.84. The Hall–Kier alpha value is -0.810. The highest BCUT2D eigenvalue weighted by Gasteiger charge is 2.03. The number of rotatable bonds is 5. The molecule has 0 atom stereocenters. The zero-order valence-corrected chi connectivity index (χ0v) is 8.09. The van der Waals surface area contributed by atoms with Gasteiger partial charge in [-0.2, -0.15) is 0 Å². The summed E-state index contributed by atoms with van der Waals surface area (Å²) >= 11 is 0. The molecular weight excluding hydrogens is 146 g/mol. The highest BCUT2D eigenvalue weighted by molar-refractivity contribution is 5.93. The minimum absolute atomic E-state index is 0.850. The van der Waals surface area contributed by atoms with Crippen molar-refractivity contribution in [2.75, 3.05) is 0 Å². The van der Waals surface area contributed by atoms with Gasteiger partial charge in [0.15, 0.2) is 0 Å². The number of unbranched alkanes of at least 4 members (excludes halogenated alkanes) is 1. The first kappa shape index (κ1) is 9.28. The topological polar surface area (TPSA) is 14.1 Å². The molecule has 0 bridgehead atoms. The largest absolute Gasteiger partial charge is 0.295 e. The van der Waals surface area contributed by atoms with Gasteiger partial charge in [0.05, 0.1) is 0 Å². The highest BCUT2D eigenvalue weighted by Crippen LogP contribution is 2.11. The molecule has 1 aliphatic rings. The van der Waals surface area contributed by atoms with Crippen molar-refractivity contribution >= 4 is 12.4 Å². The van der Waals surface area contributed by atoms with E-state index in [4.69, 9.17) is 0 Å². The summed E-state index contributed by atoms with van der Waals surface area (Å²) in [6.45, 7) is 4.56. The smallest absolute Gasteiger partial charge is 0.101 e. The molecule has 1 nitrogen and oxygen atoms in total. The fourth-order valence-corrected chi connectivity index (χ4v) is 1.35. The number of hydrogen-bond donors (Lipinski definition) is 0. The molecule has 0 saturated carbocycles.